The smallest absolute Gasteiger partial charge is 0.340 e. The molecule has 1 amide bonds. The number of benzene rings is 2. The van der Waals surface area contributed by atoms with Crippen LogP contribution in [0.4, 0.5) is 11.4 Å². The van der Waals surface area contributed by atoms with E-state index in [1.807, 2.05) is 31.2 Å². The fourth-order valence-corrected chi connectivity index (χ4v) is 2.03. The minimum atomic E-state index is -0.449. The molecule has 0 unspecified atom stereocenters. The summed E-state index contributed by atoms with van der Waals surface area (Å²) in [5.74, 6) is -0.683. The molecule has 0 aliphatic carbocycles. The Labute approximate surface area is 135 Å². The molecule has 0 bridgehead atoms. The number of nitrogens with one attached hydrogen (secondary N) is 2. The van der Waals surface area contributed by atoms with Gasteiger partial charge in [-0.15, -0.1) is 0 Å². The number of amides is 1. The maximum Gasteiger partial charge on any atom is 0.340 e. The molecule has 0 aromatic heterocycles. The first-order chi connectivity index (χ1) is 11.1. The molecule has 5 nitrogen and oxygen atoms in total. The lowest BCUT2D eigenvalue weighted by molar-refractivity contribution is -0.114. The molecule has 2 N–H and O–H groups in total. The van der Waals surface area contributed by atoms with Crippen molar-refractivity contribution in [3.05, 3.63) is 59.7 Å². The zero-order valence-corrected chi connectivity index (χ0v) is 13.3. The summed E-state index contributed by atoms with van der Waals surface area (Å²) in [5.41, 5.74) is 2.81. The van der Waals surface area contributed by atoms with Crippen molar-refractivity contribution >= 4 is 23.3 Å². The summed E-state index contributed by atoms with van der Waals surface area (Å²) in [7, 11) is 0. The summed E-state index contributed by atoms with van der Waals surface area (Å²) < 4.78 is 4.98. The van der Waals surface area contributed by atoms with E-state index < -0.39 is 5.97 Å². The molecule has 0 radical (unpaired) electrons. The Morgan fingerprint density at radius 3 is 2.43 bits per heavy atom. The van der Waals surface area contributed by atoms with Crippen molar-refractivity contribution in [1.29, 1.82) is 0 Å². The van der Waals surface area contributed by atoms with Gasteiger partial charge in [0.1, 0.15) is 0 Å². The van der Waals surface area contributed by atoms with E-state index in [4.69, 9.17) is 4.74 Å². The molecule has 0 fully saturated rings. The number of aryl methyl sites for hydroxylation is 1. The van der Waals surface area contributed by atoms with Crippen molar-refractivity contribution < 1.29 is 14.3 Å². The summed E-state index contributed by atoms with van der Waals surface area (Å²) in [6, 6.07) is 14.5. The molecule has 2 aromatic rings. The van der Waals surface area contributed by atoms with Crippen LogP contribution in [0.2, 0.25) is 0 Å². The van der Waals surface area contributed by atoms with E-state index in [1.54, 1.807) is 31.2 Å². The molecule has 0 saturated carbocycles. The molecule has 0 aliphatic heterocycles. The molecule has 23 heavy (non-hydrogen) atoms. The third-order valence-corrected chi connectivity index (χ3v) is 3.20. The van der Waals surface area contributed by atoms with E-state index >= 15 is 0 Å². The van der Waals surface area contributed by atoms with Gasteiger partial charge in [-0.05, 0) is 38.1 Å². The zero-order chi connectivity index (χ0) is 16.7. The molecular formula is C18H20N2O3. The Morgan fingerprint density at radius 2 is 1.74 bits per heavy atom. The first kappa shape index (κ1) is 16.5. The normalized spacial score (nSPS) is 10.0. The lowest BCUT2D eigenvalue weighted by Gasteiger charge is -2.11. The quantitative estimate of drug-likeness (QED) is 0.804. The van der Waals surface area contributed by atoms with E-state index in [0.29, 0.717) is 11.3 Å². The molecule has 0 saturated heterocycles. The third-order valence-electron chi connectivity index (χ3n) is 3.20. The molecule has 0 heterocycles. The van der Waals surface area contributed by atoms with Gasteiger partial charge in [0.2, 0.25) is 5.91 Å². The zero-order valence-electron chi connectivity index (χ0n) is 13.3. The van der Waals surface area contributed by atoms with Crippen LogP contribution < -0.4 is 10.6 Å². The first-order valence-electron chi connectivity index (χ1n) is 7.46. The highest BCUT2D eigenvalue weighted by atomic mass is 16.5. The molecule has 2 rings (SSSR count). The number of ether oxygens (including phenoxy) is 1. The van der Waals surface area contributed by atoms with Crippen molar-refractivity contribution in [2.75, 3.05) is 23.8 Å². The monoisotopic (exact) mass is 312 g/mol. The highest BCUT2D eigenvalue weighted by molar-refractivity contribution is 6.02. The molecule has 5 heteroatoms. The van der Waals surface area contributed by atoms with Crippen LogP contribution in [0.15, 0.2) is 48.5 Å². The van der Waals surface area contributed by atoms with Crippen LogP contribution in [0.3, 0.4) is 0 Å². The van der Waals surface area contributed by atoms with E-state index in [1.165, 1.54) is 0 Å². The summed E-state index contributed by atoms with van der Waals surface area (Å²) in [5, 5.41) is 5.77. The summed E-state index contributed by atoms with van der Waals surface area (Å²) in [6.45, 7) is 4.14. The number of carbonyl (C=O) groups excluding carboxylic acids is 2. The second-order valence-electron chi connectivity index (χ2n) is 5.03. The highest BCUT2D eigenvalue weighted by Gasteiger charge is 2.13. The van der Waals surface area contributed by atoms with Gasteiger partial charge in [0.15, 0.2) is 0 Å². The number of para-hydroxylation sites is 1. The second-order valence-corrected chi connectivity index (χ2v) is 5.03. The lowest BCUT2D eigenvalue weighted by atomic mass is 10.2. The van der Waals surface area contributed by atoms with Crippen LogP contribution >= 0.6 is 0 Å². The summed E-state index contributed by atoms with van der Waals surface area (Å²) in [6.07, 6.45) is 0. The Balaban J connectivity index is 1.97. The van der Waals surface area contributed by atoms with Crippen LogP contribution in [0, 0.1) is 6.92 Å². The maximum atomic E-state index is 12.1. The molecular weight excluding hydrogens is 292 g/mol. The van der Waals surface area contributed by atoms with Crippen molar-refractivity contribution in [3.63, 3.8) is 0 Å². The van der Waals surface area contributed by atoms with Crippen molar-refractivity contribution in [2.45, 2.75) is 13.8 Å². The molecule has 0 spiro atoms. The summed E-state index contributed by atoms with van der Waals surface area (Å²) >= 11 is 0. The van der Waals surface area contributed by atoms with Gasteiger partial charge in [-0.2, -0.15) is 0 Å². The predicted octanol–water partition coefficient (Wildman–Crippen LogP) is 3.22. The van der Waals surface area contributed by atoms with Gasteiger partial charge >= 0.3 is 5.97 Å². The van der Waals surface area contributed by atoms with Crippen molar-refractivity contribution in [2.24, 2.45) is 0 Å². The van der Waals surface area contributed by atoms with Crippen molar-refractivity contribution in [3.8, 4) is 0 Å². The first-order valence-corrected chi connectivity index (χ1v) is 7.46. The van der Waals surface area contributed by atoms with Crippen LogP contribution in [0.5, 0.6) is 0 Å². The van der Waals surface area contributed by atoms with Crippen LogP contribution in [-0.2, 0) is 9.53 Å². The average molecular weight is 312 g/mol. The minimum absolute atomic E-state index is 0.111. The largest absolute Gasteiger partial charge is 0.462 e. The van der Waals surface area contributed by atoms with E-state index in [-0.39, 0.29) is 19.1 Å². The fraction of sp³-hybridized carbons (Fsp3) is 0.222. The van der Waals surface area contributed by atoms with Gasteiger partial charge in [0.25, 0.3) is 0 Å². The second kappa shape index (κ2) is 7.98. The van der Waals surface area contributed by atoms with E-state index in [2.05, 4.69) is 10.6 Å². The standard InChI is InChI=1S/C18H20N2O3/c1-3-23-18(22)15-6-4-5-7-16(15)20-17(21)12-19-14-10-8-13(2)9-11-14/h4-11,19H,3,12H2,1-2H3,(H,20,21). The van der Waals surface area contributed by atoms with Crippen LogP contribution in [0.1, 0.15) is 22.8 Å². The van der Waals surface area contributed by atoms with Crippen LogP contribution in [-0.4, -0.2) is 25.0 Å². The van der Waals surface area contributed by atoms with Gasteiger partial charge in [-0.25, -0.2) is 4.79 Å². The van der Waals surface area contributed by atoms with Gasteiger partial charge in [-0.1, -0.05) is 29.8 Å². The SMILES string of the molecule is CCOC(=O)c1ccccc1NC(=O)CNc1ccc(C)cc1. The average Bonchev–Trinajstić information content (AvgIpc) is 2.55. The molecule has 0 aliphatic rings. The minimum Gasteiger partial charge on any atom is -0.462 e. The highest BCUT2D eigenvalue weighted by Crippen LogP contribution is 2.16. The summed E-state index contributed by atoms with van der Waals surface area (Å²) in [4.78, 5) is 23.9. The predicted molar refractivity (Wildman–Crippen MR) is 90.7 cm³/mol. The Morgan fingerprint density at radius 1 is 1.04 bits per heavy atom. The number of anilines is 2. The Hall–Kier alpha value is -2.82. The number of carbonyl (C=O) groups is 2. The Bertz CT molecular complexity index is 681. The van der Waals surface area contributed by atoms with E-state index in [9.17, 15) is 9.59 Å². The molecule has 0 atom stereocenters. The van der Waals surface area contributed by atoms with Crippen molar-refractivity contribution in [1.82, 2.24) is 0 Å². The molecule has 120 valence electrons. The topological polar surface area (TPSA) is 67.4 Å². The number of hydrogen-bond acceptors (Lipinski definition) is 4. The Kier molecular flexibility index (Phi) is 5.74. The van der Waals surface area contributed by atoms with Gasteiger partial charge in [0, 0.05) is 5.69 Å². The van der Waals surface area contributed by atoms with Gasteiger partial charge < -0.3 is 15.4 Å². The number of hydrogen-bond donors (Lipinski definition) is 2. The maximum absolute atomic E-state index is 12.1. The lowest BCUT2D eigenvalue weighted by Crippen LogP contribution is -2.23. The van der Waals surface area contributed by atoms with E-state index in [0.717, 1.165) is 11.3 Å². The van der Waals surface area contributed by atoms with Gasteiger partial charge in [-0.3, -0.25) is 4.79 Å². The third kappa shape index (κ3) is 4.85. The van der Waals surface area contributed by atoms with Crippen LogP contribution in [0.25, 0.3) is 0 Å². The molecule has 2 aromatic carbocycles. The number of esters is 1. The number of rotatable bonds is 6. The fourth-order valence-electron chi connectivity index (χ4n) is 2.03. The van der Waals surface area contributed by atoms with Gasteiger partial charge in [0.05, 0.1) is 24.4 Å².